The van der Waals surface area contributed by atoms with Crippen LogP contribution in [0, 0.1) is 6.92 Å². The van der Waals surface area contributed by atoms with Crippen molar-refractivity contribution >= 4 is 16.7 Å². The van der Waals surface area contributed by atoms with Gasteiger partial charge in [0.15, 0.2) is 0 Å². The van der Waals surface area contributed by atoms with E-state index in [2.05, 4.69) is 17.9 Å². The topological polar surface area (TPSA) is 36.4 Å². The largest absolute Gasteiger partial charge is 0.508 e. The Balaban J connectivity index is 2.06. The maximum Gasteiger partial charge on any atom is 0.129 e. The van der Waals surface area contributed by atoms with Crippen LogP contribution in [0.4, 0.5) is 5.82 Å². The van der Waals surface area contributed by atoms with E-state index in [-0.39, 0.29) is 0 Å². The Morgan fingerprint density at radius 2 is 1.89 bits per heavy atom. The fraction of sp³-hybridized carbons (Fsp3) is 0.400. The van der Waals surface area contributed by atoms with Crippen LogP contribution in [0.3, 0.4) is 0 Å². The smallest absolute Gasteiger partial charge is 0.129 e. The predicted molar refractivity (Wildman–Crippen MR) is 74.2 cm³/mol. The number of piperidine rings is 1. The Kier molecular flexibility index (Phi) is 2.82. The van der Waals surface area contributed by atoms with Crippen molar-refractivity contribution in [3.8, 4) is 5.75 Å². The van der Waals surface area contributed by atoms with E-state index in [9.17, 15) is 5.11 Å². The van der Waals surface area contributed by atoms with Crippen LogP contribution < -0.4 is 4.90 Å². The van der Waals surface area contributed by atoms with Crippen molar-refractivity contribution in [3.05, 3.63) is 29.8 Å². The minimum Gasteiger partial charge on any atom is -0.508 e. The number of hydrogen-bond donors (Lipinski definition) is 1. The lowest BCUT2D eigenvalue weighted by molar-refractivity contribution is 0.476. The molecule has 0 saturated carbocycles. The van der Waals surface area contributed by atoms with Crippen molar-refractivity contribution in [1.29, 1.82) is 0 Å². The van der Waals surface area contributed by atoms with Crippen molar-refractivity contribution in [2.24, 2.45) is 0 Å². The number of pyridine rings is 1. The van der Waals surface area contributed by atoms with Crippen LogP contribution in [0.15, 0.2) is 24.3 Å². The highest BCUT2D eigenvalue weighted by Gasteiger charge is 2.13. The summed E-state index contributed by atoms with van der Waals surface area (Å²) in [6, 6.07) is 7.52. The van der Waals surface area contributed by atoms with Crippen molar-refractivity contribution in [1.82, 2.24) is 4.98 Å². The molecule has 1 saturated heterocycles. The van der Waals surface area contributed by atoms with E-state index in [1.807, 2.05) is 6.07 Å². The number of phenols is 1. The van der Waals surface area contributed by atoms with Crippen molar-refractivity contribution < 1.29 is 5.11 Å². The molecule has 0 bridgehead atoms. The number of aryl methyl sites for hydroxylation is 1. The average molecular weight is 242 g/mol. The van der Waals surface area contributed by atoms with E-state index in [0.29, 0.717) is 5.75 Å². The molecule has 0 amide bonds. The van der Waals surface area contributed by atoms with Gasteiger partial charge in [-0.3, -0.25) is 0 Å². The first-order valence-electron chi connectivity index (χ1n) is 6.59. The van der Waals surface area contributed by atoms with Gasteiger partial charge in [-0.05, 0) is 56.0 Å². The average Bonchev–Trinajstić information content (AvgIpc) is 2.40. The zero-order chi connectivity index (χ0) is 12.5. The summed E-state index contributed by atoms with van der Waals surface area (Å²) in [5.74, 6) is 1.38. The zero-order valence-electron chi connectivity index (χ0n) is 10.7. The molecule has 94 valence electrons. The quantitative estimate of drug-likeness (QED) is 0.834. The molecule has 2 heterocycles. The number of phenolic OH excluding ortho intramolecular Hbond substituents is 1. The Bertz CT molecular complexity index is 574. The molecule has 1 aromatic heterocycles. The first-order chi connectivity index (χ1) is 8.74. The molecule has 3 heteroatoms. The van der Waals surface area contributed by atoms with Crippen LogP contribution >= 0.6 is 0 Å². The summed E-state index contributed by atoms with van der Waals surface area (Å²) >= 11 is 0. The number of hydrogen-bond acceptors (Lipinski definition) is 3. The van der Waals surface area contributed by atoms with E-state index >= 15 is 0 Å². The Labute approximate surface area is 107 Å². The molecule has 0 radical (unpaired) electrons. The maximum absolute atomic E-state index is 9.53. The maximum atomic E-state index is 9.53. The highest BCUT2D eigenvalue weighted by atomic mass is 16.3. The highest BCUT2D eigenvalue weighted by molar-refractivity contribution is 5.85. The normalized spacial score (nSPS) is 16.2. The van der Waals surface area contributed by atoms with Gasteiger partial charge >= 0.3 is 0 Å². The summed E-state index contributed by atoms with van der Waals surface area (Å²) < 4.78 is 0. The van der Waals surface area contributed by atoms with Gasteiger partial charge in [0.25, 0.3) is 0 Å². The predicted octanol–water partition coefficient (Wildman–Crippen LogP) is 3.24. The fourth-order valence-electron chi connectivity index (χ4n) is 2.65. The third-order valence-corrected chi connectivity index (χ3v) is 3.67. The fourth-order valence-corrected chi connectivity index (χ4v) is 2.65. The highest BCUT2D eigenvalue weighted by Crippen LogP contribution is 2.26. The van der Waals surface area contributed by atoms with Gasteiger partial charge in [0.2, 0.25) is 0 Å². The zero-order valence-corrected chi connectivity index (χ0v) is 10.7. The Morgan fingerprint density at radius 1 is 1.11 bits per heavy atom. The lowest BCUT2D eigenvalue weighted by Crippen LogP contribution is -2.30. The van der Waals surface area contributed by atoms with Crippen molar-refractivity contribution in [2.75, 3.05) is 18.0 Å². The molecular formula is C15H18N2O. The molecule has 0 aliphatic carbocycles. The van der Waals surface area contributed by atoms with E-state index in [0.717, 1.165) is 29.8 Å². The first kappa shape index (κ1) is 11.3. The first-order valence-corrected chi connectivity index (χ1v) is 6.59. The van der Waals surface area contributed by atoms with Crippen LogP contribution in [-0.2, 0) is 0 Å². The second kappa shape index (κ2) is 4.48. The molecule has 18 heavy (non-hydrogen) atoms. The molecule has 1 aliphatic rings. The van der Waals surface area contributed by atoms with Gasteiger partial charge < -0.3 is 10.0 Å². The number of anilines is 1. The third-order valence-electron chi connectivity index (χ3n) is 3.67. The van der Waals surface area contributed by atoms with Crippen LogP contribution in [0.1, 0.15) is 24.8 Å². The summed E-state index contributed by atoms with van der Waals surface area (Å²) in [6.07, 6.45) is 3.85. The summed E-state index contributed by atoms with van der Waals surface area (Å²) in [6.45, 7) is 4.29. The summed E-state index contributed by atoms with van der Waals surface area (Å²) in [5.41, 5.74) is 2.14. The molecule has 1 fully saturated rings. The summed E-state index contributed by atoms with van der Waals surface area (Å²) in [4.78, 5) is 7.08. The van der Waals surface area contributed by atoms with E-state index in [1.54, 1.807) is 12.1 Å². The molecule has 2 aromatic rings. The SMILES string of the molecule is Cc1cc(N2CCCCC2)nc2ccc(O)cc12. The monoisotopic (exact) mass is 242 g/mol. The number of fused-ring (bicyclic) bond motifs is 1. The molecule has 3 nitrogen and oxygen atoms in total. The van der Waals surface area contributed by atoms with Gasteiger partial charge in [0.05, 0.1) is 5.52 Å². The minimum atomic E-state index is 0.304. The molecule has 1 N–H and O–H groups in total. The number of benzene rings is 1. The van der Waals surface area contributed by atoms with Crippen molar-refractivity contribution in [2.45, 2.75) is 26.2 Å². The molecule has 3 rings (SSSR count). The van der Waals surface area contributed by atoms with Gasteiger partial charge in [0.1, 0.15) is 11.6 Å². The van der Waals surface area contributed by atoms with Crippen LogP contribution in [0.5, 0.6) is 5.75 Å². The second-order valence-electron chi connectivity index (χ2n) is 5.05. The second-order valence-corrected chi connectivity index (χ2v) is 5.05. The minimum absolute atomic E-state index is 0.304. The van der Waals surface area contributed by atoms with E-state index in [4.69, 9.17) is 4.98 Å². The Hall–Kier alpha value is -1.77. The standard InChI is InChI=1S/C15H18N2O/c1-11-9-15(17-7-3-2-4-8-17)16-14-6-5-12(18)10-13(11)14/h5-6,9-10,18H,2-4,7-8H2,1H3. The van der Waals surface area contributed by atoms with Crippen LogP contribution in [-0.4, -0.2) is 23.2 Å². The number of nitrogens with zero attached hydrogens (tertiary/aromatic N) is 2. The molecule has 0 spiro atoms. The molecule has 0 atom stereocenters. The lowest BCUT2D eigenvalue weighted by atomic mass is 10.1. The lowest BCUT2D eigenvalue weighted by Gasteiger charge is -2.28. The van der Waals surface area contributed by atoms with E-state index < -0.39 is 0 Å². The summed E-state index contributed by atoms with van der Waals surface area (Å²) in [7, 11) is 0. The van der Waals surface area contributed by atoms with Crippen molar-refractivity contribution in [3.63, 3.8) is 0 Å². The van der Waals surface area contributed by atoms with Gasteiger partial charge in [-0.25, -0.2) is 4.98 Å². The molecule has 1 aromatic carbocycles. The number of aromatic nitrogens is 1. The van der Waals surface area contributed by atoms with Gasteiger partial charge in [-0.15, -0.1) is 0 Å². The number of rotatable bonds is 1. The van der Waals surface area contributed by atoms with Crippen LogP contribution in [0.2, 0.25) is 0 Å². The van der Waals surface area contributed by atoms with Gasteiger partial charge in [-0.2, -0.15) is 0 Å². The Morgan fingerprint density at radius 3 is 2.67 bits per heavy atom. The third kappa shape index (κ3) is 2.01. The number of aromatic hydroxyl groups is 1. The summed E-state index contributed by atoms with van der Waals surface area (Å²) in [5, 5.41) is 10.6. The molecule has 0 unspecified atom stereocenters. The van der Waals surface area contributed by atoms with Crippen LogP contribution in [0.25, 0.3) is 10.9 Å². The molecule has 1 aliphatic heterocycles. The van der Waals surface area contributed by atoms with Gasteiger partial charge in [-0.1, -0.05) is 0 Å². The van der Waals surface area contributed by atoms with E-state index in [1.165, 1.54) is 24.8 Å². The molecular weight excluding hydrogens is 224 g/mol. The van der Waals surface area contributed by atoms with Gasteiger partial charge in [0, 0.05) is 18.5 Å².